The van der Waals surface area contributed by atoms with Gasteiger partial charge in [-0.2, -0.15) is 0 Å². The van der Waals surface area contributed by atoms with Crippen LogP contribution in [0.4, 0.5) is 0 Å². The van der Waals surface area contributed by atoms with E-state index in [1.165, 1.54) is 0 Å². The zero-order valence-corrected chi connectivity index (χ0v) is 21.7. The van der Waals surface area contributed by atoms with E-state index in [9.17, 15) is 9.59 Å². The van der Waals surface area contributed by atoms with Gasteiger partial charge in [-0.1, -0.05) is 42.3 Å². The van der Waals surface area contributed by atoms with Crippen LogP contribution in [0, 0.1) is 5.92 Å². The van der Waals surface area contributed by atoms with Crippen LogP contribution in [0.25, 0.3) is 0 Å². The number of aryl methyl sites for hydroxylation is 1. The Morgan fingerprint density at radius 1 is 1.26 bits per heavy atom. The van der Waals surface area contributed by atoms with E-state index in [0.29, 0.717) is 28.8 Å². The van der Waals surface area contributed by atoms with Crippen LogP contribution < -0.4 is 4.74 Å². The van der Waals surface area contributed by atoms with Gasteiger partial charge in [0, 0.05) is 12.0 Å². The van der Waals surface area contributed by atoms with Gasteiger partial charge in [-0.15, -0.1) is 10.2 Å². The van der Waals surface area contributed by atoms with Crippen molar-refractivity contribution in [3.05, 3.63) is 35.1 Å². The van der Waals surface area contributed by atoms with Crippen molar-refractivity contribution in [1.29, 1.82) is 0 Å². The largest absolute Gasteiger partial charge is 0.495 e. The molecule has 1 aliphatic heterocycles. The molecule has 7 nitrogen and oxygen atoms in total. The topological polar surface area (TPSA) is 83.3 Å². The first-order valence-electron chi connectivity index (χ1n) is 11.8. The predicted molar refractivity (Wildman–Crippen MR) is 131 cm³/mol. The molecule has 2 aromatic rings. The Kier molecular flexibility index (Phi) is 7.29. The number of Topliss-reactive ketones (excluding diaryl/α,β-unsaturated/α-hetero) is 1. The van der Waals surface area contributed by atoms with Gasteiger partial charge in [-0.3, -0.25) is 9.59 Å². The van der Waals surface area contributed by atoms with E-state index in [1.807, 2.05) is 43.5 Å². The minimum atomic E-state index is -0.921. The highest BCUT2D eigenvalue weighted by Crippen LogP contribution is 2.46. The number of esters is 1. The lowest BCUT2D eigenvalue weighted by atomic mass is 9.76. The van der Waals surface area contributed by atoms with Gasteiger partial charge < -0.3 is 14.0 Å². The third-order valence-electron chi connectivity index (χ3n) is 6.90. The number of thioether (sulfide) groups is 1. The lowest BCUT2D eigenvalue weighted by molar-refractivity contribution is -0.177. The molecular formula is C25H32ClN3O4S. The van der Waals surface area contributed by atoms with Crippen molar-refractivity contribution in [2.75, 3.05) is 7.11 Å². The van der Waals surface area contributed by atoms with Crippen molar-refractivity contribution in [3.8, 4) is 5.75 Å². The standard InChI is InChI=1S/C25H32ClN3O4S/c1-24(2,3)29-15-27-28-23(29)34-21-19(30)14-25(33-22(21)31,17-7-5-6-8-17)12-11-16-9-10-20(32-4)18(26)13-16/h9-10,13,15,17,21H,5-8,11-12,14H2,1-4H3. The molecular weight excluding hydrogens is 474 g/mol. The van der Waals surface area contributed by atoms with Gasteiger partial charge in [0.05, 0.1) is 12.1 Å². The number of ether oxygens (including phenoxy) is 2. The molecule has 184 valence electrons. The first kappa shape index (κ1) is 25.0. The van der Waals surface area contributed by atoms with Crippen molar-refractivity contribution in [3.63, 3.8) is 0 Å². The Hall–Kier alpha value is -2.06. The number of ketones is 1. The van der Waals surface area contributed by atoms with E-state index in [0.717, 1.165) is 43.0 Å². The number of aromatic nitrogens is 3. The maximum Gasteiger partial charge on any atom is 0.327 e. The first-order valence-corrected chi connectivity index (χ1v) is 13.0. The van der Waals surface area contributed by atoms with Gasteiger partial charge in [0.2, 0.25) is 0 Å². The molecule has 9 heteroatoms. The minimum Gasteiger partial charge on any atom is -0.495 e. The van der Waals surface area contributed by atoms with Crippen molar-refractivity contribution in [2.45, 2.75) is 87.3 Å². The quantitative estimate of drug-likeness (QED) is 0.376. The Balaban J connectivity index is 1.53. The molecule has 0 amide bonds. The van der Waals surface area contributed by atoms with Crippen LogP contribution in [0.2, 0.25) is 5.02 Å². The highest BCUT2D eigenvalue weighted by Gasteiger charge is 2.52. The Labute approximate surface area is 209 Å². The van der Waals surface area contributed by atoms with Crippen molar-refractivity contribution in [1.82, 2.24) is 14.8 Å². The Morgan fingerprint density at radius 3 is 2.62 bits per heavy atom. The maximum absolute atomic E-state index is 13.4. The second-order valence-corrected chi connectivity index (χ2v) is 11.7. The summed E-state index contributed by atoms with van der Waals surface area (Å²) in [4.78, 5) is 26.7. The maximum atomic E-state index is 13.4. The van der Waals surface area contributed by atoms with Crippen molar-refractivity contribution >= 4 is 35.1 Å². The Morgan fingerprint density at radius 2 is 2.00 bits per heavy atom. The van der Waals surface area contributed by atoms with Gasteiger partial charge >= 0.3 is 5.97 Å². The summed E-state index contributed by atoms with van der Waals surface area (Å²) >= 11 is 7.45. The van der Waals surface area contributed by atoms with Gasteiger partial charge in [-0.05, 0) is 70.1 Å². The molecule has 2 heterocycles. The van der Waals surface area contributed by atoms with E-state index >= 15 is 0 Å². The summed E-state index contributed by atoms with van der Waals surface area (Å²) in [6.07, 6.45) is 7.25. The SMILES string of the molecule is COc1ccc(CCC2(C3CCCC3)CC(=O)C(Sc3nncn3C(C)(C)C)C(=O)O2)cc1Cl. The minimum absolute atomic E-state index is 0.0932. The lowest BCUT2D eigenvalue weighted by Gasteiger charge is -2.42. The smallest absolute Gasteiger partial charge is 0.327 e. The first-order chi connectivity index (χ1) is 16.1. The second kappa shape index (κ2) is 9.90. The molecule has 2 fully saturated rings. The van der Waals surface area contributed by atoms with Crippen molar-refractivity contribution in [2.24, 2.45) is 5.92 Å². The summed E-state index contributed by atoms with van der Waals surface area (Å²) in [5, 5.41) is 8.31. The zero-order chi connectivity index (χ0) is 24.5. The van der Waals surface area contributed by atoms with E-state index in [1.54, 1.807) is 13.4 Å². The summed E-state index contributed by atoms with van der Waals surface area (Å²) in [5.41, 5.74) is -0.00607. The predicted octanol–water partition coefficient (Wildman–Crippen LogP) is 5.23. The summed E-state index contributed by atoms with van der Waals surface area (Å²) in [6.45, 7) is 6.08. The molecule has 1 aliphatic carbocycles. The molecule has 0 radical (unpaired) electrons. The highest BCUT2D eigenvalue weighted by atomic mass is 35.5. The molecule has 0 N–H and O–H groups in total. The number of halogens is 1. The number of rotatable bonds is 7. The number of carbonyl (C=O) groups is 2. The van der Waals surface area contributed by atoms with E-state index in [-0.39, 0.29) is 23.7 Å². The summed E-state index contributed by atoms with van der Waals surface area (Å²) < 4.78 is 13.3. The molecule has 34 heavy (non-hydrogen) atoms. The fourth-order valence-corrected chi connectivity index (χ4v) is 6.42. The zero-order valence-electron chi connectivity index (χ0n) is 20.2. The van der Waals surface area contributed by atoms with Gasteiger partial charge in [0.25, 0.3) is 0 Å². The number of hydrogen-bond acceptors (Lipinski definition) is 7. The van der Waals surface area contributed by atoms with E-state index in [2.05, 4.69) is 10.2 Å². The van der Waals surface area contributed by atoms with Crippen LogP contribution in [0.15, 0.2) is 29.7 Å². The molecule has 4 rings (SSSR count). The monoisotopic (exact) mass is 505 g/mol. The van der Waals surface area contributed by atoms with Crippen LogP contribution in [0.3, 0.4) is 0 Å². The van der Waals surface area contributed by atoms with Crippen molar-refractivity contribution < 1.29 is 19.1 Å². The van der Waals surface area contributed by atoms with Crippen LogP contribution in [-0.2, 0) is 26.3 Å². The number of methoxy groups -OCH3 is 1. The fraction of sp³-hybridized carbons (Fsp3) is 0.600. The third-order valence-corrected chi connectivity index (χ3v) is 8.37. The molecule has 1 aromatic carbocycles. The Bertz CT molecular complexity index is 1040. The van der Waals surface area contributed by atoms with Crippen LogP contribution in [0.1, 0.15) is 64.9 Å². The van der Waals surface area contributed by atoms with Gasteiger partial charge in [0.15, 0.2) is 16.2 Å². The third kappa shape index (κ3) is 5.13. The number of nitrogens with zero attached hydrogens (tertiary/aromatic N) is 3. The average Bonchev–Trinajstić information content (AvgIpc) is 3.47. The number of cyclic esters (lactones) is 1. The molecule has 1 saturated carbocycles. The summed E-state index contributed by atoms with van der Waals surface area (Å²) in [6, 6.07) is 5.70. The van der Waals surface area contributed by atoms with E-state index < -0.39 is 16.8 Å². The second-order valence-electron chi connectivity index (χ2n) is 10.2. The van der Waals surface area contributed by atoms with Gasteiger partial charge in [0.1, 0.15) is 17.7 Å². The molecule has 1 saturated heterocycles. The van der Waals surface area contributed by atoms with Crippen LogP contribution >= 0.6 is 23.4 Å². The summed E-state index contributed by atoms with van der Waals surface area (Å²) in [5.74, 6) is 0.255. The number of hydrogen-bond donors (Lipinski definition) is 0. The molecule has 0 spiro atoms. The lowest BCUT2D eigenvalue weighted by Crippen LogP contribution is -2.53. The number of benzene rings is 1. The molecule has 1 aromatic heterocycles. The molecule has 2 atom stereocenters. The average molecular weight is 506 g/mol. The molecule has 2 unspecified atom stereocenters. The normalized spacial score (nSPS) is 23.9. The summed E-state index contributed by atoms with van der Waals surface area (Å²) in [7, 11) is 1.58. The van der Waals surface area contributed by atoms with Crippen LogP contribution in [0.5, 0.6) is 5.75 Å². The number of carbonyl (C=O) groups excluding carboxylic acids is 2. The van der Waals surface area contributed by atoms with Gasteiger partial charge in [-0.25, -0.2) is 0 Å². The highest BCUT2D eigenvalue weighted by molar-refractivity contribution is 8.01. The van der Waals surface area contributed by atoms with Crippen LogP contribution in [-0.4, -0.2) is 44.5 Å². The molecule has 2 aliphatic rings. The molecule has 0 bridgehead atoms. The van der Waals surface area contributed by atoms with E-state index in [4.69, 9.17) is 21.1 Å². The fourth-order valence-electron chi connectivity index (χ4n) is 5.04.